The number of rotatable bonds is 3. The first-order valence-electron chi connectivity index (χ1n) is 7.83. The highest BCUT2D eigenvalue weighted by Gasteiger charge is 2.27. The predicted octanol–water partition coefficient (Wildman–Crippen LogP) is 3.84. The van der Waals surface area contributed by atoms with E-state index in [2.05, 4.69) is 67.3 Å². The van der Waals surface area contributed by atoms with Crippen LogP contribution in [0.1, 0.15) is 36.1 Å². The summed E-state index contributed by atoms with van der Waals surface area (Å²) in [7, 11) is 0. The second-order valence-corrected chi connectivity index (χ2v) is 6.14. The van der Waals surface area contributed by atoms with Crippen molar-refractivity contribution in [3.05, 3.63) is 65.2 Å². The smallest absolute Gasteiger partial charge is 0.0690 e. The molecule has 3 rings (SSSR count). The van der Waals surface area contributed by atoms with E-state index in [0.29, 0.717) is 0 Å². The molecule has 1 aliphatic heterocycles. The minimum Gasteiger partial charge on any atom is -0.363 e. The van der Waals surface area contributed by atoms with Crippen molar-refractivity contribution in [1.82, 2.24) is 0 Å². The van der Waals surface area contributed by atoms with Gasteiger partial charge in [0.15, 0.2) is 0 Å². The molecule has 21 heavy (non-hydrogen) atoms. The number of hydrogen-bond donors (Lipinski definition) is 1. The van der Waals surface area contributed by atoms with E-state index in [1.165, 1.54) is 35.2 Å². The normalized spacial score (nSPS) is 17.2. The van der Waals surface area contributed by atoms with E-state index >= 15 is 0 Å². The van der Waals surface area contributed by atoms with E-state index in [-0.39, 0.29) is 12.1 Å². The summed E-state index contributed by atoms with van der Waals surface area (Å²) in [5.41, 5.74) is 11.8. The van der Waals surface area contributed by atoms with Gasteiger partial charge in [0.05, 0.1) is 6.04 Å². The third-order valence-electron chi connectivity index (χ3n) is 4.36. The van der Waals surface area contributed by atoms with Crippen LogP contribution in [0.2, 0.25) is 0 Å². The fourth-order valence-corrected chi connectivity index (χ4v) is 3.46. The Hall–Kier alpha value is -1.80. The molecule has 2 nitrogen and oxygen atoms in total. The van der Waals surface area contributed by atoms with Crippen molar-refractivity contribution in [3.8, 4) is 0 Å². The first kappa shape index (κ1) is 14.2. The number of nitrogens with zero attached hydrogens (tertiary/aromatic N) is 1. The second kappa shape index (κ2) is 5.90. The molecule has 0 amide bonds. The Kier molecular flexibility index (Phi) is 3.98. The summed E-state index contributed by atoms with van der Waals surface area (Å²) in [5, 5.41) is 0. The average molecular weight is 280 g/mol. The Balaban J connectivity index is 2.03. The molecule has 2 heteroatoms. The molecule has 0 spiro atoms. The Morgan fingerprint density at radius 1 is 1.10 bits per heavy atom. The maximum Gasteiger partial charge on any atom is 0.0690 e. The SMILES string of the molecule is Cc1ccc2c(c1)CCCN2C(c1ccccc1)C(C)N. The Morgan fingerprint density at radius 2 is 1.86 bits per heavy atom. The van der Waals surface area contributed by atoms with Crippen LogP contribution in [0.4, 0.5) is 5.69 Å². The van der Waals surface area contributed by atoms with Crippen LogP contribution in [-0.2, 0) is 6.42 Å². The van der Waals surface area contributed by atoms with Gasteiger partial charge in [0.25, 0.3) is 0 Å². The van der Waals surface area contributed by atoms with E-state index in [1.54, 1.807) is 0 Å². The van der Waals surface area contributed by atoms with Crippen LogP contribution in [0.25, 0.3) is 0 Å². The summed E-state index contributed by atoms with van der Waals surface area (Å²) < 4.78 is 0. The zero-order valence-corrected chi connectivity index (χ0v) is 12.9. The number of nitrogens with two attached hydrogens (primary N) is 1. The van der Waals surface area contributed by atoms with Gasteiger partial charge in [-0.15, -0.1) is 0 Å². The molecule has 0 fully saturated rings. The van der Waals surface area contributed by atoms with Gasteiger partial charge < -0.3 is 10.6 Å². The highest BCUT2D eigenvalue weighted by Crippen LogP contribution is 2.35. The van der Waals surface area contributed by atoms with Gasteiger partial charge in [-0.25, -0.2) is 0 Å². The lowest BCUT2D eigenvalue weighted by Crippen LogP contribution is -2.42. The molecule has 2 aromatic carbocycles. The summed E-state index contributed by atoms with van der Waals surface area (Å²) in [5.74, 6) is 0. The average Bonchev–Trinajstić information content (AvgIpc) is 2.48. The van der Waals surface area contributed by atoms with Crippen LogP contribution in [-0.4, -0.2) is 12.6 Å². The van der Waals surface area contributed by atoms with Crippen LogP contribution in [0.15, 0.2) is 48.5 Å². The molecule has 2 N–H and O–H groups in total. The van der Waals surface area contributed by atoms with Crippen molar-refractivity contribution in [2.24, 2.45) is 5.73 Å². The van der Waals surface area contributed by atoms with Crippen molar-refractivity contribution in [2.75, 3.05) is 11.4 Å². The monoisotopic (exact) mass is 280 g/mol. The molecule has 1 aliphatic rings. The lowest BCUT2D eigenvalue weighted by atomic mass is 9.93. The molecule has 0 aromatic heterocycles. The van der Waals surface area contributed by atoms with Crippen LogP contribution in [0.3, 0.4) is 0 Å². The quantitative estimate of drug-likeness (QED) is 0.925. The van der Waals surface area contributed by atoms with Crippen LogP contribution in [0, 0.1) is 6.92 Å². The van der Waals surface area contributed by atoms with Crippen molar-refractivity contribution in [2.45, 2.75) is 38.8 Å². The third kappa shape index (κ3) is 2.81. The third-order valence-corrected chi connectivity index (χ3v) is 4.36. The number of fused-ring (bicyclic) bond motifs is 1. The predicted molar refractivity (Wildman–Crippen MR) is 89.7 cm³/mol. The first-order chi connectivity index (χ1) is 10.2. The first-order valence-corrected chi connectivity index (χ1v) is 7.83. The summed E-state index contributed by atoms with van der Waals surface area (Å²) in [4.78, 5) is 2.50. The van der Waals surface area contributed by atoms with E-state index in [0.717, 1.165) is 6.54 Å². The molecular weight excluding hydrogens is 256 g/mol. The lowest BCUT2D eigenvalue weighted by molar-refractivity contribution is 0.510. The van der Waals surface area contributed by atoms with Gasteiger partial charge in [0, 0.05) is 18.3 Å². The molecular formula is C19H24N2. The fourth-order valence-electron chi connectivity index (χ4n) is 3.46. The maximum absolute atomic E-state index is 6.34. The number of hydrogen-bond acceptors (Lipinski definition) is 2. The van der Waals surface area contributed by atoms with Gasteiger partial charge in [-0.2, -0.15) is 0 Å². The molecule has 0 saturated heterocycles. The Morgan fingerprint density at radius 3 is 2.57 bits per heavy atom. The molecule has 0 bridgehead atoms. The van der Waals surface area contributed by atoms with Gasteiger partial charge in [0.2, 0.25) is 0 Å². The standard InChI is InChI=1S/C19H24N2/c1-14-10-11-18-17(13-14)9-6-12-21(18)19(15(2)20)16-7-4-3-5-8-16/h3-5,7-8,10-11,13,15,19H,6,9,12,20H2,1-2H3. The molecule has 0 aliphatic carbocycles. The molecule has 2 atom stereocenters. The summed E-state index contributed by atoms with van der Waals surface area (Å²) in [6.07, 6.45) is 2.38. The maximum atomic E-state index is 6.34. The van der Waals surface area contributed by atoms with Crippen molar-refractivity contribution in [1.29, 1.82) is 0 Å². The van der Waals surface area contributed by atoms with Crippen molar-refractivity contribution in [3.63, 3.8) is 0 Å². The second-order valence-electron chi connectivity index (χ2n) is 6.14. The molecule has 110 valence electrons. The van der Waals surface area contributed by atoms with Gasteiger partial charge in [-0.05, 0) is 43.9 Å². The number of benzene rings is 2. The highest BCUT2D eigenvalue weighted by molar-refractivity contribution is 5.58. The van der Waals surface area contributed by atoms with Gasteiger partial charge in [-0.1, -0.05) is 48.0 Å². The molecule has 0 saturated carbocycles. The van der Waals surface area contributed by atoms with Gasteiger partial charge >= 0.3 is 0 Å². The van der Waals surface area contributed by atoms with E-state index in [9.17, 15) is 0 Å². The van der Waals surface area contributed by atoms with Crippen LogP contribution < -0.4 is 10.6 Å². The zero-order valence-electron chi connectivity index (χ0n) is 12.9. The van der Waals surface area contributed by atoms with E-state index < -0.39 is 0 Å². The highest BCUT2D eigenvalue weighted by atomic mass is 15.2. The van der Waals surface area contributed by atoms with Crippen molar-refractivity contribution >= 4 is 5.69 Å². The summed E-state index contributed by atoms with van der Waals surface area (Å²) in [6, 6.07) is 17.8. The van der Waals surface area contributed by atoms with Crippen molar-refractivity contribution < 1.29 is 0 Å². The number of anilines is 1. The van der Waals surface area contributed by atoms with Gasteiger partial charge in [0.1, 0.15) is 0 Å². The van der Waals surface area contributed by atoms with Crippen LogP contribution >= 0.6 is 0 Å². The topological polar surface area (TPSA) is 29.3 Å². The Labute approximate surface area is 127 Å². The van der Waals surface area contributed by atoms with Crippen LogP contribution in [0.5, 0.6) is 0 Å². The molecule has 1 heterocycles. The molecule has 2 aromatic rings. The fraction of sp³-hybridized carbons (Fsp3) is 0.368. The summed E-state index contributed by atoms with van der Waals surface area (Å²) in [6.45, 7) is 5.36. The number of aryl methyl sites for hydroxylation is 2. The Bertz CT molecular complexity index is 604. The molecule has 0 radical (unpaired) electrons. The summed E-state index contributed by atoms with van der Waals surface area (Å²) >= 11 is 0. The van der Waals surface area contributed by atoms with Gasteiger partial charge in [-0.3, -0.25) is 0 Å². The largest absolute Gasteiger partial charge is 0.363 e. The minimum absolute atomic E-state index is 0.0969. The lowest BCUT2D eigenvalue weighted by Gasteiger charge is -2.40. The minimum atomic E-state index is 0.0969. The zero-order chi connectivity index (χ0) is 14.8. The van der Waals surface area contributed by atoms with E-state index in [4.69, 9.17) is 5.73 Å². The molecule has 2 unspecified atom stereocenters. The van der Waals surface area contributed by atoms with E-state index in [1.807, 2.05) is 0 Å².